The van der Waals surface area contributed by atoms with Crippen molar-refractivity contribution in [1.29, 1.82) is 0 Å². The van der Waals surface area contributed by atoms with E-state index < -0.39 is 10.0 Å². The molecule has 0 amide bonds. The molecule has 1 saturated heterocycles. The van der Waals surface area contributed by atoms with Gasteiger partial charge in [-0.1, -0.05) is 5.16 Å². The molecule has 2 atom stereocenters. The highest BCUT2D eigenvalue weighted by Gasteiger charge is 2.21. The lowest BCUT2D eigenvalue weighted by Crippen LogP contribution is -2.37. The topological polar surface area (TPSA) is 81.4 Å². The summed E-state index contributed by atoms with van der Waals surface area (Å²) in [5.41, 5.74) is 1.80. The summed E-state index contributed by atoms with van der Waals surface area (Å²) in [5.74, 6) is 0.864. The zero-order valence-corrected chi connectivity index (χ0v) is 14.4. The van der Waals surface area contributed by atoms with Gasteiger partial charge in [-0.15, -0.1) is 0 Å². The van der Waals surface area contributed by atoms with E-state index in [1.54, 1.807) is 0 Å². The highest BCUT2D eigenvalue weighted by Crippen LogP contribution is 2.17. The Morgan fingerprint density at radius 3 is 2.73 bits per heavy atom. The highest BCUT2D eigenvalue weighted by atomic mass is 32.2. The molecule has 0 spiro atoms. The van der Waals surface area contributed by atoms with Crippen LogP contribution in [0.4, 0.5) is 0 Å². The van der Waals surface area contributed by atoms with Gasteiger partial charge in [0.25, 0.3) is 0 Å². The van der Waals surface area contributed by atoms with E-state index in [1.165, 1.54) is 0 Å². The number of nitrogens with zero attached hydrogens (tertiary/aromatic N) is 1. The lowest BCUT2D eigenvalue weighted by molar-refractivity contribution is 0.0147. The standard InChI is InChI=1S/C15H26N2O4S/c1-11(10-15-12(2)16-21-13(15)3)17-22(18,19)9-7-14-6-4-5-8-20-14/h11,14,17H,4-10H2,1-3H3. The Balaban J connectivity index is 1.82. The summed E-state index contributed by atoms with van der Waals surface area (Å²) in [5, 5.41) is 3.89. The first-order valence-corrected chi connectivity index (χ1v) is 9.56. The van der Waals surface area contributed by atoms with E-state index in [-0.39, 0.29) is 17.9 Å². The van der Waals surface area contributed by atoms with Crippen molar-refractivity contribution in [3.8, 4) is 0 Å². The fourth-order valence-electron chi connectivity index (χ4n) is 2.83. The average molecular weight is 330 g/mol. The zero-order chi connectivity index (χ0) is 16.2. The van der Waals surface area contributed by atoms with Gasteiger partial charge in [0.1, 0.15) is 5.76 Å². The van der Waals surface area contributed by atoms with Crippen molar-refractivity contribution < 1.29 is 17.7 Å². The van der Waals surface area contributed by atoms with Gasteiger partial charge in [-0.25, -0.2) is 13.1 Å². The molecule has 0 saturated carbocycles. The predicted molar refractivity (Wildman–Crippen MR) is 84.3 cm³/mol. The van der Waals surface area contributed by atoms with E-state index in [9.17, 15) is 8.42 Å². The van der Waals surface area contributed by atoms with Gasteiger partial charge >= 0.3 is 0 Å². The molecule has 0 bridgehead atoms. The molecule has 0 radical (unpaired) electrons. The minimum Gasteiger partial charge on any atom is -0.378 e. The number of sulfonamides is 1. The molecule has 1 aliphatic heterocycles. The Morgan fingerprint density at radius 2 is 2.14 bits per heavy atom. The first-order valence-electron chi connectivity index (χ1n) is 7.91. The zero-order valence-electron chi connectivity index (χ0n) is 13.6. The summed E-state index contributed by atoms with van der Waals surface area (Å²) in [6.45, 7) is 6.32. The second-order valence-electron chi connectivity index (χ2n) is 6.12. The summed E-state index contributed by atoms with van der Waals surface area (Å²) >= 11 is 0. The second-order valence-corrected chi connectivity index (χ2v) is 8.00. The highest BCUT2D eigenvalue weighted by molar-refractivity contribution is 7.89. The third kappa shape index (κ3) is 5.07. The number of aryl methyl sites for hydroxylation is 2. The van der Waals surface area contributed by atoms with Gasteiger partial charge < -0.3 is 9.26 Å². The molecule has 0 aromatic carbocycles. The molecule has 1 N–H and O–H groups in total. The van der Waals surface area contributed by atoms with E-state index in [2.05, 4.69) is 9.88 Å². The lowest BCUT2D eigenvalue weighted by atomic mass is 10.1. The molecule has 1 aromatic heterocycles. The molecule has 126 valence electrons. The molecular weight excluding hydrogens is 304 g/mol. The summed E-state index contributed by atoms with van der Waals surface area (Å²) in [6.07, 6.45) is 4.40. The summed E-state index contributed by atoms with van der Waals surface area (Å²) in [4.78, 5) is 0. The first kappa shape index (κ1) is 17.4. The molecule has 1 fully saturated rings. The van der Waals surface area contributed by atoms with Crippen LogP contribution >= 0.6 is 0 Å². The summed E-state index contributed by atoms with van der Waals surface area (Å²) in [7, 11) is -3.29. The fraction of sp³-hybridized carbons (Fsp3) is 0.800. The minimum atomic E-state index is -3.29. The van der Waals surface area contributed by atoms with E-state index in [0.29, 0.717) is 12.8 Å². The largest absolute Gasteiger partial charge is 0.378 e. The van der Waals surface area contributed by atoms with Gasteiger partial charge in [0.05, 0.1) is 17.6 Å². The molecule has 7 heteroatoms. The summed E-state index contributed by atoms with van der Waals surface area (Å²) in [6, 6.07) is -0.186. The molecule has 1 aliphatic rings. The predicted octanol–water partition coefficient (Wildman–Crippen LogP) is 2.10. The van der Waals surface area contributed by atoms with Crippen LogP contribution in [0.2, 0.25) is 0 Å². The lowest BCUT2D eigenvalue weighted by Gasteiger charge is -2.22. The Morgan fingerprint density at radius 1 is 1.36 bits per heavy atom. The van der Waals surface area contributed by atoms with Crippen molar-refractivity contribution in [2.45, 2.75) is 65.0 Å². The SMILES string of the molecule is Cc1noc(C)c1CC(C)NS(=O)(=O)CCC1CCCCO1. The first-order chi connectivity index (χ1) is 10.4. The summed E-state index contributed by atoms with van der Waals surface area (Å²) < 4.78 is 37.8. The van der Waals surface area contributed by atoms with E-state index in [1.807, 2.05) is 20.8 Å². The van der Waals surface area contributed by atoms with E-state index >= 15 is 0 Å². The van der Waals surface area contributed by atoms with Gasteiger partial charge in [-0.3, -0.25) is 0 Å². The van der Waals surface area contributed by atoms with E-state index in [4.69, 9.17) is 9.26 Å². The molecule has 1 aromatic rings. The average Bonchev–Trinajstić information content (AvgIpc) is 2.78. The molecule has 22 heavy (non-hydrogen) atoms. The van der Waals surface area contributed by atoms with Crippen molar-refractivity contribution >= 4 is 10.0 Å². The van der Waals surface area contributed by atoms with Crippen LogP contribution in [0, 0.1) is 13.8 Å². The van der Waals surface area contributed by atoms with Crippen molar-refractivity contribution in [1.82, 2.24) is 9.88 Å². The Bertz CT molecular complexity index is 557. The number of hydrogen-bond acceptors (Lipinski definition) is 5. The number of rotatable bonds is 7. The normalized spacial score (nSPS) is 21.0. The Hall–Kier alpha value is -0.920. The number of nitrogens with one attached hydrogen (secondary N) is 1. The van der Waals surface area contributed by atoms with E-state index in [0.717, 1.165) is 42.9 Å². The van der Waals surface area contributed by atoms with Crippen LogP contribution in [0.1, 0.15) is 49.6 Å². The van der Waals surface area contributed by atoms with Crippen LogP contribution in [0.25, 0.3) is 0 Å². The Kier molecular flexibility index (Phi) is 6.00. The second kappa shape index (κ2) is 7.57. The van der Waals surface area contributed by atoms with Gasteiger partial charge in [0, 0.05) is 18.2 Å². The van der Waals surface area contributed by atoms with Gasteiger partial charge in [0.15, 0.2) is 0 Å². The maximum atomic E-state index is 12.2. The number of ether oxygens (including phenoxy) is 1. The maximum absolute atomic E-state index is 12.2. The monoisotopic (exact) mass is 330 g/mol. The third-order valence-corrected chi connectivity index (χ3v) is 5.59. The van der Waals surface area contributed by atoms with Crippen LogP contribution in [0.15, 0.2) is 4.52 Å². The van der Waals surface area contributed by atoms with Gasteiger partial charge in [-0.2, -0.15) is 0 Å². The van der Waals surface area contributed by atoms with Crippen LogP contribution in [-0.2, 0) is 21.2 Å². The third-order valence-electron chi connectivity index (χ3n) is 4.05. The molecule has 2 unspecified atom stereocenters. The van der Waals surface area contributed by atoms with Crippen molar-refractivity contribution in [2.75, 3.05) is 12.4 Å². The number of aromatic nitrogens is 1. The Labute approximate surface area is 132 Å². The molecule has 0 aliphatic carbocycles. The van der Waals surface area contributed by atoms with Crippen LogP contribution in [-0.4, -0.2) is 38.1 Å². The molecular formula is C15H26N2O4S. The quantitative estimate of drug-likeness (QED) is 0.828. The van der Waals surface area contributed by atoms with Gasteiger partial charge in [-0.05, 0) is 52.9 Å². The molecule has 2 rings (SSSR count). The fourth-order valence-corrected chi connectivity index (χ4v) is 4.22. The minimum absolute atomic E-state index is 0.0863. The molecule has 2 heterocycles. The molecule has 6 nitrogen and oxygen atoms in total. The van der Waals surface area contributed by atoms with Crippen LogP contribution < -0.4 is 4.72 Å². The van der Waals surface area contributed by atoms with Gasteiger partial charge in [0.2, 0.25) is 10.0 Å². The van der Waals surface area contributed by atoms with Crippen LogP contribution in [0.5, 0.6) is 0 Å². The number of hydrogen-bond donors (Lipinski definition) is 1. The van der Waals surface area contributed by atoms with Crippen molar-refractivity contribution in [2.24, 2.45) is 0 Å². The van der Waals surface area contributed by atoms with Crippen LogP contribution in [0.3, 0.4) is 0 Å². The van der Waals surface area contributed by atoms with Crippen molar-refractivity contribution in [3.63, 3.8) is 0 Å². The smallest absolute Gasteiger partial charge is 0.211 e. The van der Waals surface area contributed by atoms with Crippen molar-refractivity contribution in [3.05, 3.63) is 17.0 Å². The maximum Gasteiger partial charge on any atom is 0.211 e.